The highest BCUT2D eigenvalue weighted by atomic mass is 19.1. The molecule has 2 aliphatic heterocycles. The lowest BCUT2D eigenvalue weighted by molar-refractivity contribution is -0.0346. The predicted molar refractivity (Wildman–Crippen MR) is 116 cm³/mol. The molecule has 0 radical (unpaired) electrons. The average Bonchev–Trinajstić information content (AvgIpc) is 3.25. The standard InChI is InChI=1S/C25H23FN2O3/c1-3-30-23-9-5-8-20-22-15-21(16-10-12-18(26)13-11-16)27-28(22)25(31-24(20)23)17-6-4-7-19(14-17)29-2/h4-15,22,25,27H,3H2,1-2H3. The molecule has 31 heavy (non-hydrogen) atoms. The summed E-state index contributed by atoms with van der Waals surface area (Å²) in [5.41, 5.74) is 7.23. The molecule has 0 aliphatic carbocycles. The maximum atomic E-state index is 13.4. The number of methoxy groups -OCH3 is 1. The van der Waals surface area contributed by atoms with Gasteiger partial charge in [-0.15, -0.1) is 0 Å². The lowest BCUT2D eigenvalue weighted by Crippen LogP contribution is -2.43. The molecular formula is C25H23FN2O3. The lowest BCUT2D eigenvalue weighted by Gasteiger charge is -2.39. The molecule has 0 bridgehead atoms. The van der Waals surface area contributed by atoms with E-state index in [1.165, 1.54) is 12.1 Å². The molecule has 6 heteroatoms. The van der Waals surface area contributed by atoms with Crippen LogP contribution in [0.1, 0.15) is 35.9 Å². The fourth-order valence-corrected chi connectivity index (χ4v) is 4.07. The minimum absolute atomic E-state index is 0.0830. The van der Waals surface area contributed by atoms with Crippen molar-refractivity contribution < 1.29 is 18.6 Å². The van der Waals surface area contributed by atoms with Gasteiger partial charge in [-0.05, 0) is 61.0 Å². The molecule has 2 unspecified atom stereocenters. The van der Waals surface area contributed by atoms with Crippen molar-refractivity contribution in [1.29, 1.82) is 0 Å². The second-order valence-electron chi connectivity index (χ2n) is 7.41. The Morgan fingerprint density at radius 1 is 1.06 bits per heavy atom. The van der Waals surface area contributed by atoms with Crippen molar-refractivity contribution in [2.24, 2.45) is 0 Å². The van der Waals surface area contributed by atoms with E-state index in [1.54, 1.807) is 19.2 Å². The second kappa shape index (κ2) is 7.96. The van der Waals surface area contributed by atoms with E-state index >= 15 is 0 Å². The number of nitrogens with zero attached hydrogens (tertiary/aromatic N) is 1. The zero-order chi connectivity index (χ0) is 21.4. The van der Waals surface area contributed by atoms with E-state index in [0.29, 0.717) is 6.61 Å². The van der Waals surface area contributed by atoms with Gasteiger partial charge in [-0.1, -0.05) is 24.3 Å². The highest BCUT2D eigenvalue weighted by Crippen LogP contribution is 2.49. The Morgan fingerprint density at radius 3 is 2.65 bits per heavy atom. The van der Waals surface area contributed by atoms with E-state index in [-0.39, 0.29) is 11.9 Å². The summed E-state index contributed by atoms with van der Waals surface area (Å²) in [7, 11) is 1.65. The monoisotopic (exact) mass is 418 g/mol. The Kier molecular flexibility index (Phi) is 5.00. The molecule has 0 fully saturated rings. The van der Waals surface area contributed by atoms with Gasteiger partial charge >= 0.3 is 0 Å². The SMILES string of the molecule is CCOc1cccc2c1OC(c1cccc(OC)c1)N1NC(c3ccc(F)cc3)=CC21. The van der Waals surface area contributed by atoms with Gasteiger partial charge in [-0.3, -0.25) is 0 Å². The van der Waals surface area contributed by atoms with Crippen LogP contribution < -0.4 is 19.6 Å². The summed E-state index contributed by atoms with van der Waals surface area (Å²) >= 11 is 0. The molecule has 5 nitrogen and oxygen atoms in total. The Hall–Kier alpha value is -3.51. The largest absolute Gasteiger partial charge is 0.497 e. The van der Waals surface area contributed by atoms with Gasteiger partial charge in [0.2, 0.25) is 0 Å². The molecule has 2 atom stereocenters. The van der Waals surface area contributed by atoms with Crippen molar-refractivity contribution in [3.05, 3.63) is 95.3 Å². The highest BCUT2D eigenvalue weighted by molar-refractivity contribution is 5.68. The number of hydrogen-bond acceptors (Lipinski definition) is 5. The Morgan fingerprint density at radius 2 is 1.87 bits per heavy atom. The number of hydrazine groups is 1. The molecule has 0 aromatic heterocycles. The second-order valence-corrected chi connectivity index (χ2v) is 7.41. The summed E-state index contributed by atoms with van der Waals surface area (Å²) in [6, 6.07) is 20.2. The number of halogens is 1. The predicted octanol–water partition coefficient (Wildman–Crippen LogP) is 5.23. The Labute approximate surface area is 180 Å². The van der Waals surface area contributed by atoms with Crippen LogP contribution in [-0.4, -0.2) is 18.7 Å². The summed E-state index contributed by atoms with van der Waals surface area (Å²) < 4.78 is 31.2. The maximum Gasteiger partial charge on any atom is 0.196 e. The number of rotatable bonds is 5. The topological polar surface area (TPSA) is 43.0 Å². The molecule has 5 rings (SSSR count). The van der Waals surface area contributed by atoms with Gasteiger partial charge in [0.15, 0.2) is 17.7 Å². The van der Waals surface area contributed by atoms with Crippen molar-refractivity contribution >= 4 is 5.70 Å². The van der Waals surface area contributed by atoms with Crippen LogP contribution in [0.15, 0.2) is 72.8 Å². The van der Waals surface area contributed by atoms with Crippen molar-refractivity contribution in [3.63, 3.8) is 0 Å². The lowest BCUT2D eigenvalue weighted by atomic mass is 10.00. The van der Waals surface area contributed by atoms with Gasteiger partial charge in [0.1, 0.15) is 11.6 Å². The van der Waals surface area contributed by atoms with Crippen LogP contribution >= 0.6 is 0 Å². The fourth-order valence-electron chi connectivity index (χ4n) is 4.07. The van der Waals surface area contributed by atoms with Crippen LogP contribution in [-0.2, 0) is 0 Å². The smallest absolute Gasteiger partial charge is 0.196 e. The first-order valence-corrected chi connectivity index (χ1v) is 10.3. The van der Waals surface area contributed by atoms with Gasteiger partial charge in [-0.2, -0.15) is 5.01 Å². The number of para-hydroxylation sites is 1. The molecule has 1 N–H and O–H groups in total. The normalized spacial score (nSPS) is 19.5. The van der Waals surface area contributed by atoms with Crippen LogP contribution in [0.3, 0.4) is 0 Å². The Bertz CT molecular complexity index is 1130. The molecule has 2 aliphatic rings. The average molecular weight is 418 g/mol. The van der Waals surface area contributed by atoms with Crippen LogP contribution in [0.4, 0.5) is 4.39 Å². The van der Waals surface area contributed by atoms with Gasteiger partial charge in [-0.25, -0.2) is 4.39 Å². The number of nitrogens with one attached hydrogen (secondary N) is 1. The minimum atomic E-state index is -0.414. The van der Waals surface area contributed by atoms with Crippen LogP contribution in [0.25, 0.3) is 5.70 Å². The molecule has 0 saturated carbocycles. The first-order valence-electron chi connectivity index (χ1n) is 10.3. The van der Waals surface area contributed by atoms with E-state index in [1.807, 2.05) is 49.4 Å². The Balaban J connectivity index is 1.61. The van der Waals surface area contributed by atoms with E-state index in [0.717, 1.165) is 39.6 Å². The molecule has 0 amide bonds. The molecule has 0 spiro atoms. The number of benzene rings is 3. The summed E-state index contributed by atoms with van der Waals surface area (Å²) in [5, 5.41) is 2.06. The zero-order valence-electron chi connectivity index (χ0n) is 17.3. The van der Waals surface area contributed by atoms with Crippen LogP contribution in [0.2, 0.25) is 0 Å². The fraction of sp³-hybridized carbons (Fsp3) is 0.200. The number of fused-ring (bicyclic) bond motifs is 3. The maximum absolute atomic E-state index is 13.4. The third-order valence-electron chi connectivity index (χ3n) is 5.52. The number of ether oxygens (including phenoxy) is 3. The minimum Gasteiger partial charge on any atom is -0.497 e. The molecular weight excluding hydrogens is 395 g/mol. The molecule has 158 valence electrons. The third kappa shape index (κ3) is 3.49. The molecule has 2 heterocycles. The summed E-state index contributed by atoms with van der Waals surface area (Å²) in [4.78, 5) is 0. The zero-order valence-corrected chi connectivity index (χ0v) is 17.3. The van der Waals surface area contributed by atoms with Crippen molar-refractivity contribution in [3.8, 4) is 17.2 Å². The van der Waals surface area contributed by atoms with Gasteiger partial charge in [0.05, 0.1) is 25.5 Å². The number of hydrogen-bond donors (Lipinski definition) is 1. The summed E-state index contributed by atoms with van der Waals surface area (Å²) in [6.07, 6.45) is 1.72. The van der Waals surface area contributed by atoms with Gasteiger partial charge < -0.3 is 19.6 Å². The van der Waals surface area contributed by atoms with Crippen LogP contribution in [0, 0.1) is 5.82 Å². The van der Waals surface area contributed by atoms with E-state index in [4.69, 9.17) is 14.2 Å². The molecule has 3 aromatic carbocycles. The summed E-state index contributed by atoms with van der Waals surface area (Å²) in [5.74, 6) is 1.95. The highest BCUT2D eigenvalue weighted by Gasteiger charge is 2.41. The van der Waals surface area contributed by atoms with E-state index < -0.39 is 6.23 Å². The van der Waals surface area contributed by atoms with E-state index in [9.17, 15) is 4.39 Å². The van der Waals surface area contributed by atoms with E-state index in [2.05, 4.69) is 16.5 Å². The summed E-state index contributed by atoms with van der Waals surface area (Å²) in [6.45, 7) is 2.50. The van der Waals surface area contributed by atoms with Crippen molar-refractivity contribution in [1.82, 2.24) is 10.4 Å². The van der Waals surface area contributed by atoms with Gasteiger partial charge in [0, 0.05) is 11.1 Å². The first kappa shape index (κ1) is 19.5. The molecule has 0 saturated heterocycles. The third-order valence-corrected chi connectivity index (χ3v) is 5.52. The van der Waals surface area contributed by atoms with Gasteiger partial charge in [0.25, 0.3) is 0 Å². The molecule has 3 aromatic rings. The van der Waals surface area contributed by atoms with Crippen molar-refractivity contribution in [2.75, 3.05) is 13.7 Å². The first-order chi connectivity index (χ1) is 15.2. The van der Waals surface area contributed by atoms with Crippen molar-refractivity contribution in [2.45, 2.75) is 19.2 Å². The van der Waals surface area contributed by atoms with Crippen LogP contribution in [0.5, 0.6) is 17.2 Å². The quantitative estimate of drug-likeness (QED) is 0.615.